The molecule has 146 valence electrons. The molecule has 1 rings (SSSR count). The molecule has 0 saturated carbocycles. The third kappa shape index (κ3) is 11.1. The number of aryl methyl sites for hydroxylation is 1. The van der Waals surface area contributed by atoms with E-state index in [9.17, 15) is 9.59 Å². The van der Waals surface area contributed by atoms with Crippen LogP contribution < -0.4 is 0 Å². The lowest BCUT2D eigenvalue weighted by Gasteiger charge is -2.05. The highest BCUT2D eigenvalue weighted by Gasteiger charge is 2.08. The minimum absolute atomic E-state index is 0.0531. The summed E-state index contributed by atoms with van der Waals surface area (Å²) in [5, 5.41) is 1.45. The predicted octanol–water partition coefficient (Wildman–Crippen LogP) is 6.13. The van der Waals surface area contributed by atoms with Crippen molar-refractivity contribution in [3.8, 4) is 0 Å². The Morgan fingerprint density at radius 2 is 1.65 bits per heavy atom. The van der Waals surface area contributed by atoms with Crippen LogP contribution in [0.5, 0.6) is 0 Å². The van der Waals surface area contributed by atoms with Crippen LogP contribution in [-0.4, -0.2) is 30.4 Å². The van der Waals surface area contributed by atoms with E-state index in [0.29, 0.717) is 10.8 Å². The zero-order chi connectivity index (χ0) is 19.2. The van der Waals surface area contributed by atoms with Crippen molar-refractivity contribution in [1.29, 1.82) is 0 Å². The number of methoxy groups -OCH3 is 1. The fraction of sp³-hybridized carbons (Fsp3) is 0.600. The van der Waals surface area contributed by atoms with Gasteiger partial charge < -0.3 is 4.74 Å². The molecular formula is C20H28Cl2O3S. The average molecular weight is 419 g/mol. The van der Waals surface area contributed by atoms with Gasteiger partial charge in [-0.25, -0.2) is 0 Å². The van der Waals surface area contributed by atoms with E-state index in [1.54, 1.807) is 17.8 Å². The van der Waals surface area contributed by atoms with E-state index in [1.165, 1.54) is 44.8 Å². The predicted molar refractivity (Wildman–Crippen MR) is 111 cm³/mol. The zero-order valence-electron chi connectivity index (χ0n) is 15.4. The Kier molecular flexibility index (Phi) is 12.9. The Balaban J connectivity index is 1.90. The molecule has 1 aromatic rings. The van der Waals surface area contributed by atoms with Gasteiger partial charge in [-0.1, -0.05) is 61.4 Å². The van der Waals surface area contributed by atoms with Crippen LogP contribution in [0.2, 0.25) is 10.0 Å². The van der Waals surface area contributed by atoms with Crippen LogP contribution in [0.4, 0.5) is 0 Å². The quantitative estimate of drug-likeness (QED) is 0.207. The molecule has 0 saturated heterocycles. The fourth-order valence-corrected chi connectivity index (χ4v) is 3.98. The fourth-order valence-electron chi connectivity index (χ4n) is 2.60. The largest absolute Gasteiger partial charge is 0.469 e. The lowest BCUT2D eigenvalue weighted by molar-refractivity contribution is -0.142. The molecule has 0 N–H and O–H groups in total. The van der Waals surface area contributed by atoms with Crippen molar-refractivity contribution in [3.05, 3.63) is 33.8 Å². The van der Waals surface area contributed by atoms with E-state index in [-0.39, 0.29) is 12.2 Å². The molecule has 0 amide bonds. The Morgan fingerprint density at radius 1 is 1.00 bits per heavy atom. The van der Waals surface area contributed by atoms with E-state index in [4.69, 9.17) is 23.2 Å². The Morgan fingerprint density at radius 3 is 2.31 bits per heavy atom. The minimum Gasteiger partial charge on any atom is -0.469 e. The highest BCUT2D eigenvalue weighted by molar-refractivity contribution is 7.99. The molecule has 0 fully saturated rings. The van der Waals surface area contributed by atoms with Crippen LogP contribution in [-0.2, 0) is 20.7 Å². The number of ether oxygens (including phenoxy) is 1. The first kappa shape index (κ1) is 23.3. The second-order valence-electron chi connectivity index (χ2n) is 6.30. The first-order chi connectivity index (χ1) is 12.5. The monoisotopic (exact) mass is 418 g/mol. The lowest BCUT2D eigenvalue weighted by Crippen LogP contribution is -2.11. The van der Waals surface area contributed by atoms with Crippen molar-refractivity contribution >= 4 is 46.7 Å². The van der Waals surface area contributed by atoms with Crippen molar-refractivity contribution in [3.63, 3.8) is 0 Å². The molecule has 0 bridgehead atoms. The Bertz CT molecular complexity index is 564. The maximum atomic E-state index is 11.5. The number of thioether (sulfide) groups is 1. The number of carbonyl (C=O) groups excluding carboxylic acids is 2. The van der Waals surface area contributed by atoms with Crippen molar-refractivity contribution in [1.82, 2.24) is 0 Å². The smallest absolute Gasteiger partial charge is 0.313 e. The third-order valence-corrected chi connectivity index (χ3v) is 5.77. The summed E-state index contributed by atoms with van der Waals surface area (Å²) in [4.78, 5) is 22.4. The molecule has 6 heteroatoms. The van der Waals surface area contributed by atoms with Gasteiger partial charge in [0.2, 0.25) is 0 Å². The summed E-state index contributed by atoms with van der Waals surface area (Å²) < 4.78 is 4.48. The molecule has 1 aromatic carbocycles. The van der Waals surface area contributed by atoms with Gasteiger partial charge in [-0.3, -0.25) is 9.59 Å². The second kappa shape index (κ2) is 14.4. The van der Waals surface area contributed by atoms with Crippen LogP contribution in [0.15, 0.2) is 18.2 Å². The van der Waals surface area contributed by atoms with Gasteiger partial charge in [0.05, 0.1) is 12.9 Å². The van der Waals surface area contributed by atoms with E-state index in [0.717, 1.165) is 30.0 Å². The number of Topliss-reactive ketones (excluding diaryl/α,β-unsaturated/α-hetero) is 1. The van der Waals surface area contributed by atoms with Gasteiger partial charge in [-0.05, 0) is 42.7 Å². The summed E-state index contributed by atoms with van der Waals surface area (Å²) in [7, 11) is 1.30. The van der Waals surface area contributed by atoms with Crippen LogP contribution in [0.1, 0.15) is 56.9 Å². The SMILES string of the molecule is COC(=O)CC(=O)CSCCCCCCCCCc1ccc(Cl)cc1Cl. The molecule has 26 heavy (non-hydrogen) atoms. The molecule has 0 aromatic heterocycles. The molecule has 0 atom stereocenters. The van der Waals surface area contributed by atoms with Crippen molar-refractivity contribution < 1.29 is 14.3 Å². The highest BCUT2D eigenvalue weighted by Crippen LogP contribution is 2.23. The normalized spacial score (nSPS) is 10.7. The average Bonchev–Trinajstić information content (AvgIpc) is 2.61. The molecule has 0 aliphatic heterocycles. The van der Waals surface area contributed by atoms with Crippen LogP contribution in [0.25, 0.3) is 0 Å². The molecule has 0 aliphatic rings. The first-order valence-electron chi connectivity index (χ1n) is 9.13. The number of benzene rings is 1. The summed E-state index contributed by atoms with van der Waals surface area (Å²) in [6, 6.07) is 5.71. The molecule has 0 radical (unpaired) electrons. The van der Waals surface area contributed by atoms with Crippen LogP contribution >= 0.6 is 35.0 Å². The number of rotatable bonds is 14. The van der Waals surface area contributed by atoms with Gasteiger partial charge >= 0.3 is 5.97 Å². The van der Waals surface area contributed by atoms with E-state index in [2.05, 4.69) is 4.74 Å². The highest BCUT2D eigenvalue weighted by atomic mass is 35.5. The third-order valence-electron chi connectivity index (χ3n) is 4.08. The van der Waals surface area contributed by atoms with E-state index < -0.39 is 5.97 Å². The number of esters is 1. The van der Waals surface area contributed by atoms with E-state index in [1.807, 2.05) is 12.1 Å². The number of carbonyl (C=O) groups is 2. The Labute approximate surface area is 171 Å². The minimum atomic E-state index is -0.450. The standard InChI is InChI=1S/C20H28Cl2O3S/c1-25-20(24)14-18(23)15-26-12-8-6-4-2-3-5-7-9-16-10-11-17(21)13-19(16)22/h10-11,13H,2-9,12,14-15H2,1H3. The second-order valence-corrected chi connectivity index (χ2v) is 8.25. The van der Waals surface area contributed by atoms with Crippen molar-refractivity contribution in [2.75, 3.05) is 18.6 Å². The Hall–Kier alpha value is -0.710. The topological polar surface area (TPSA) is 43.4 Å². The summed E-state index contributed by atoms with van der Waals surface area (Å²) in [5.41, 5.74) is 1.18. The van der Waals surface area contributed by atoms with Crippen LogP contribution in [0.3, 0.4) is 0 Å². The lowest BCUT2D eigenvalue weighted by atomic mass is 10.0. The summed E-state index contributed by atoms with van der Waals surface area (Å²) in [5.74, 6) is 0.876. The number of unbranched alkanes of at least 4 members (excludes halogenated alkanes) is 6. The molecule has 3 nitrogen and oxygen atoms in total. The van der Waals surface area contributed by atoms with Crippen molar-refractivity contribution in [2.45, 2.75) is 57.8 Å². The van der Waals surface area contributed by atoms with Crippen molar-refractivity contribution in [2.24, 2.45) is 0 Å². The maximum absolute atomic E-state index is 11.5. The van der Waals surface area contributed by atoms with Gasteiger partial charge in [0, 0.05) is 10.0 Å². The molecule has 0 heterocycles. The van der Waals surface area contributed by atoms with Gasteiger partial charge in [0.25, 0.3) is 0 Å². The molecule has 0 spiro atoms. The number of hydrogen-bond acceptors (Lipinski definition) is 4. The van der Waals surface area contributed by atoms with Gasteiger partial charge in [-0.15, -0.1) is 0 Å². The maximum Gasteiger partial charge on any atom is 0.313 e. The van der Waals surface area contributed by atoms with Gasteiger partial charge in [0.1, 0.15) is 6.42 Å². The van der Waals surface area contributed by atoms with E-state index >= 15 is 0 Å². The summed E-state index contributed by atoms with van der Waals surface area (Å²) in [6.07, 6.45) is 9.32. The number of ketones is 1. The number of hydrogen-bond donors (Lipinski definition) is 0. The first-order valence-corrected chi connectivity index (χ1v) is 11.0. The van der Waals surface area contributed by atoms with Crippen LogP contribution in [0, 0.1) is 0 Å². The van der Waals surface area contributed by atoms with Gasteiger partial charge in [0.15, 0.2) is 5.78 Å². The molecular weight excluding hydrogens is 391 g/mol. The number of halogens is 2. The molecule has 0 unspecified atom stereocenters. The summed E-state index contributed by atoms with van der Waals surface area (Å²) in [6.45, 7) is 0. The summed E-state index contributed by atoms with van der Waals surface area (Å²) >= 11 is 13.7. The molecule has 0 aliphatic carbocycles. The van der Waals surface area contributed by atoms with Gasteiger partial charge in [-0.2, -0.15) is 11.8 Å². The zero-order valence-corrected chi connectivity index (χ0v) is 17.7.